The van der Waals surface area contributed by atoms with Crippen molar-refractivity contribution in [3.05, 3.63) is 87.9 Å². The van der Waals surface area contributed by atoms with Gasteiger partial charge >= 0.3 is 0 Å². The number of nitrogens with one attached hydrogen (secondary N) is 2. The van der Waals surface area contributed by atoms with Crippen molar-refractivity contribution in [3.63, 3.8) is 0 Å². The van der Waals surface area contributed by atoms with Gasteiger partial charge in [-0.05, 0) is 79.2 Å². The van der Waals surface area contributed by atoms with Crippen molar-refractivity contribution in [2.75, 3.05) is 23.8 Å². The van der Waals surface area contributed by atoms with Gasteiger partial charge in [0.1, 0.15) is 23.1 Å². The predicted molar refractivity (Wildman–Crippen MR) is 137 cm³/mol. The SMILES string of the molecule is CCOc1ccc(NC(=O)/C(C#N)=C/c2ccc(OCC(=O)Nc3ccc(Cl)cc3)c(Cl)c2)cc1. The second kappa shape index (κ2) is 12.5. The molecule has 3 aromatic rings. The van der Waals surface area contributed by atoms with Crippen LogP contribution in [0.1, 0.15) is 12.5 Å². The van der Waals surface area contributed by atoms with E-state index in [1.165, 1.54) is 12.1 Å². The Labute approximate surface area is 212 Å². The molecule has 7 nitrogen and oxygen atoms in total. The number of ether oxygens (including phenoxy) is 2. The lowest BCUT2D eigenvalue weighted by Crippen LogP contribution is -2.20. The van der Waals surface area contributed by atoms with E-state index in [9.17, 15) is 14.9 Å². The van der Waals surface area contributed by atoms with Crippen molar-refractivity contribution >= 4 is 52.5 Å². The number of anilines is 2. The number of halogens is 2. The Hall–Kier alpha value is -3.99. The van der Waals surface area contributed by atoms with Crippen LogP contribution in [-0.2, 0) is 9.59 Å². The first-order chi connectivity index (χ1) is 16.9. The number of rotatable bonds is 9. The highest BCUT2D eigenvalue weighted by molar-refractivity contribution is 6.32. The fourth-order valence-electron chi connectivity index (χ4n) is 2.91. The van der Waals surface area contributed by atoms with E-state index in [2.05, 4.69) is 10.6 Å². The van der Waals surface area contributed by atoms with Gasteiger partial charge in [-0.1, -0.05) is 29.3 Å². The van der Waals surface area contributed by atoms with Gasteiger partial charge in [0, 0.05) is 16.4 Å². The average Bonchev–Trinajstić information content (AvgIpc) is 2.84. The smallest absolute Gasteiger partial charge is 0.266 e. The first-order valence-electron chi connectivity index (χ1n) is 10.5. The summed E-state index contributed by atoms with van der Waals surface area (Å²) in [5.41, 5.74) is 1.53. The van der Waals surface area contributed by atoms with Crippen LogP contribution in [0.5, 0.6) is 11.5 Å². The monoisotopic (exact) mass is 509 g/mol. The molecule has 0 saturated carbocycles. The molecular weight excluding hydrogens is 489 g/mol. The molecule has 35 heavy (non-hydrogen) atoms. The van der Waals surface area contributed by atoms with Crippen LogP contribution < -0.4 is 20.1 Å². The van der Waals surface area contributed by atoms with Crippen LogP contribution >= 0.6 is 23.2 Å². The minimum atomic E-state index is -0.563. The van der Waals surface area contributed by atoms with Crippen LogP contribution in [0.3, 0.4) is 0 Å². The Balaban J connectivity index is 1.60. The number of benzene rings is 3. The number of carbonyl (C=O) groups is 2. The van der Waals surface area contributed by atoms with E-state index in [-0.39, 0.29) is 28.9 Å². The largest absolute Gasteiger partial charge is 0.494 e. The van der Waals surface area contributed by atoms with Gasteiger partial charge in [0.15, 0.2) is 6.61 Å². The second-order valence-corrected chi connectivity index (χ2v) is 7.96. The molecule has 2 amide bonds. The van der Waals surface area contributed by atoms with E-state index < -0.39 is 5.91 Å². The van der Waals surface area contributed by atoms with Gasteiger partial charge in [0.2, 0.25) is 0 Å². The molecular formula is C26H21Cl2N3O4. The first-order valence-corrected chi connectivity index (χ1v) is 11.3. The third-order valence-electron chi connectivity index (χ3n) is 4.54. The molecule has 0 spiro atoms. The predicted octanol–water partition coefficient (Wildman–Crippen LogP) is 5.96. The Morgan fingerprint density at radius 1 is 0.943 bits per heavy atom. The number of hydrogen-bond donors (Lipinski definition) is 2. The van der Waals surface area contributed by atoms with E-state index in [1.54, 1.807) is 60.7 Å². The molecule has 0 aliphatic rings. The Morgan fingerprint density at radius 2 is 1.60 bits per heavy atom. The van der Waals surface area contributed by atoms with Crippen LogP contribution in [0.15, 0.2) is 72.3 Å². The number of amides is 2. The molecule has 178 valence electrons. The number of carbonyl (C=O) groups excluding carboxylic acids is 2. The van der Waals surface area contributed by atoms with Gasteiger partial charge in [0.25, 0.3) is 11.8 Å². The Kier molecular flexibility index (Phi) is 9.13. The average molecular weight is 510 g/mol. The zero-order valence-electron chi connectivity index (χ0n) is 18.7. The number of hydrogen-bond acceptors (Lipinski definition) is 5. The van der Waals surface area contributed by atoms with Crippen LogP contribution in [0.25, 0.3) is 6.08 Å². The summed E-state index contributed by atoms with van der Waals surface area (Å²) in [6, 6.07) is 20.1. The van der Waals surface area contributed by atoms with Gasteiger partial charge in [-0.25, -0.2) is 0 Å². The van der Waals surface area contributed by atoms with Crippen molar-refractivity contribution in [1.82, 2.24) is 0 Å². The fraction of sp³-hybridized carbons (Fsp3) is 0.115. The molecule has 0 aromatic heterocycles. The highest BCUT2D eigenvalue weighted by Crippen LogP contribution is 2.27. The molecule has 3 aromatic carbocycles. The van der Waals surface area contributed by atoms with Crippen LogP contribution in [0.2, 0.25) is 10.0 Å². The summed E-state index contributed by atoms with van der Waals surface area (Å²) in [5.74, 6) is 0.0328. The number of nitrogens with zero attached hydrogens (tertiary/aromatic N) is 1. The van der Waals surface area contributed by atoms with Gasteiger partial charge < -0.3 is 20.1 Å². The summed E-state index contributed by atoms with van der Waals surface area (Å²) in [5, 5.41) is 15.6. The third kappa shape index (κ3) is 7.78. The molecule has 0 heterocycles. The van der Waals surface area contributed by atoms with Crippen molar-refractivity contribution in [2.45, 2.75) is 6.92 Å². The molecule has 0 aliphatic heterocycles. The van der Waals surface area contributed by atoms with E-state index in [4.69, 9.17) is 32.7 Å². The molecule has 9 heteroatoms. The molecule has 3 rings (SSSR count). The zero-order chi connectivity index (χ0) is 25.2. The van der Waals surface area contributed by atoms with Gasteiger partial charge in [-0.15, -0.1) is 0 Å². The molecule has 0 atom stereocenters. The van der Waals surface area contributed by atoms with Gasteiger partial charge in [-0.2, -0.15) is 5.26 Å². The van der Waals surface area contributed by atoms with E-state index in [1.807, 2.05) is 13.0 Å². The number of nitriles is 1. The maximum absolute atomic E-state index is 12.5. The maximum atomic E-state index is 12.5. The van der Waals surface area contributed by atoms with E-state index in [0.29, 0.717) is 34.3 Å². The van der Waals surface area contributed by atoms with Crippen molar-refractivity contribution < 1.29 is 19.1 Å². The lowest BCUT2D eigenvalue weighted by molar-refractivity contribution is -0.118. The van der Waals surface area contributed by atoms with Crippen LogP contribution in [-0.4, -0.2) is 25.0 Å². The van der Waals surface area contributed by atoms with Crippen LogP contribution in [0, 0.1) is 11.3 Å². The molecule has 0 saturated heterocycles. The second-order valence-electron chi connectivity index (χ2n) is 7.11. The normalized spacial score (nSPS) is 10.7. The summed E-state index contributed by atoms with van der Waals surface area (Å²) in [7, 11) is 0. The maximum Gasteiger partial charge on any atom is 0.266 e. The van der Waals surface area contributed by atoms with E-state index in [0.717, 1.165) is 0 Å². The molecule has 0 radical (unpaired) electrons. The van der Waals surface area contributed by atoms with E-state index >= 15 is 0 Å². The first kappa shape index (κ1) is 25.6. The molecule has 0 bridgehead atoms. The molecule has 0 fully saturated rings. The standard InChI is InChI=1S/C26H21Cl2N3O4/c1-2-34-22-10-8-21(9-11-22)31-26(33)18(15-29)13-17-3-12-24(23(28)14-17)35-16-25(32)30-20-6-4-19(27)5-7-20/h3-14H,2,16H2,1H3,(H,30,32)(H,31,33)/b18-13+. The quantitative estimate of drug-likeness (QED) is 0.274. The summed E-state index contributed by atoms with van der Waals surface area (Å²) >= 11 is 12.1. The molecule has 0 unspecified atom stereocenters. The third-order valence-corrected chi connectivity index (χ3v) is 5.09. The summed E-state index contributed by atoms with van der Waals surface area (Å²) < 4.78 is 10.9. The van der Waals surface area contributed by atoms with Crippen molar-refractivity contribution in [2.24, 2.45) is 0 Å². The lowest BCUT2D eigenvalue weighted by Gasteiger charge is -2.10. The zero-order valence-corrected chi connectivity index (χ0v) is 20.2. The fourth-order valence-corrected chi connectivity index (χ4v) is 3.28. The summed E-state index contributed by atoms with van der Waals surface area (Å²) in [4.78, 5) is 24.6. The summed E-state index contributed by atoms with van der Waals surface area (Å²) in [6.45, 7) is 2.16. The highest BCUT2D eigenvalue weighted by atomic mass is 35.5. The van der Waals surface area contributed by atoms with Crippen LogP contribution in [0.4, 0.5) is 11.4 Å². The minimum Gasteiger partial charge on any atom is -0.494 e. The molecule has 2 N–H and O–H groups in total. The van der Waals surface area contributed by atoms with Crippen molar-refractivity contribution in [3.8, 4) is 17.6 Å². The summed E-state index contributed by atoms with van der Waals surface area (Å²) in [6.07, 6.45) is 1.41. The van der Waals surface area contributed by atoms with Gasteiger partial charge in [0.05, 0.1) is 11.6 Å². The highest BCUT2D eigenvalue weighted by Gasteiger charge is 2.12. The van der Waals surface area contributed by atoms with Crippen molar-refractivity contribution in [1.29, 1.82) is 5.26 Å². The Bertz CT molecular complexity index is 1270. The Morgan fingerprint density at radius 3 is 2.23 bits per heavy atom. The van der Waals surface area contributed by atoms with Gasteiger partial charge in [-0.3, -0.25) is 9.59 Å². The molecule has 0 aliphatic carbocycles. The topological polar surface area (TPSA) is 100 Å². The minimum absolute atomic E-state index is 0.106. The lowest BCUT2D eigenvalue weighted by atomic mass is 10.1.